The molecule has 0 heterocycles. The molecule has 0 saturated carbocycles. The van der Waals surface area contributed by atoms with Crippen LogP contribution in [0.5, 0.6) is 5.75 Å². The summed E-state index contributed by atoms with van der Waals surface area (Å²) in [6.45, 7) is 9.29. The van der Waals surface area contributed by atoms with Crippen LogP contribution in [0.15, 0.2) is 113 Å². The number of hydrogen-bond donors (Lipinski definition) is 1. The SMILES string of the molecule is CCOc1ccccc1N(CC(=O)N(Cc1ccc(C)cc1)[C@H](Cc1ccccc1)C(=O)NC(C)(C)C)S(=O)(=O)c1ccc(SC)cc1. The first-order valence-electron chi connectivity index (χ1n) is 15.9. The molecule has 1 N–H and O–H groups in total. The van der Waals surface area contributed by atoms with Crippen LogP contribution in [-0.4, -0.2) is 56.1 Å². The van der Waals surface area contributed by atoms with Gasteiger partial charge in [0.1, 0.15) is 18.3 Å². The Balaban J connectivity index is 1.85. The molecule has 10 heteroatoms. The molecule has 0 aromatic heterocycles. The van der Waals surface area contributed by atoms with Gasteiger partial charge in [-0.2, -0.15) is 0 Å². The molecule has 0 aliphatic rings. The molecule has 1 atom stereocenters. The highest BCUT2D eigenvalue weighted by atomic mass is 32.2. The molecular formula is C38H45N3O5S2. The molecule has 4 rings (SSSR count). The number of rotatable bonds is 14. The first-order valence-corrected chi connectivity index (χ1v) is 18.6. The van der Waals surface area contributed by atoms with E-state index < -0.39 is 34.1 Å². The molecule has 4 aromatic carbocycles. The predicted molar refractivity (Wildman–Crippen MR) is 194 cm³/mol. The van der Waals surface area contributed by atoms with Crippen molar-refractivity contribution >= 4 is 39.3 Å². The molecule has 0 aliphatic carbocycles. The van der Waals surface area contributed by atoms with Crippen LogP contribution in [0.3, 0.4) is 0 Å². The van der Waals surface area contributed by atoms with Crippen molar-refractivity contribution in [2.75, 3.05) is 23.7 Å². The van der Waals surface area contributed by atoms with E-state index in [0.29, 0.717) is 12.4 Å². The van der Waals surface area contributed by atoms with E-state index >= 15 is 0 Å². The van der Waals surface area contributed by atoms with E-state index in [9.17, 15) is 18.0 Å². The fraction of sp³-hybridized carbons (Fsp3) is 0.316. The minimum Gasteiger partial charge on any atom is -0.492 e. The minimum absolute atomic E-state index is 0.0378. The number of amides is 2. The lowest BCUT2D eigenvalue weighted by atomic mass is 10.0. The van der Waals surface area contributed by atoms with Gasteiger partial charge in [-0.25, -0.2) is 8.42 Å². The molecule has 0 bridgehead atoms. The molecule has 8 nitrogen and oxygen atoms in total. The van der Waals surface area contributed by atoms with Gasteiger partial charge in [-0.1, -0.05) is 72.3 Å². The number of ether oxygens (including phenoxy) is 1. The van der Waals surface area contributed by atoms with Gasteiger partial charge in [-0.15, -0.1) is 11.8 Å². The van der Waals surface area contributed by atoms with Gasteiger partial charge in [0.25, 0.3) is 10.0 Å². The second kappa shape index (κ2) is 16.2. The second-order valence-corrected chi connectivity index (χ2v) is 15.3. The van der Waals surface area contributed by atoms with E-state index in [1.807, 2.05) is 95.5 Å². The van der Waals surface area contributed by atoms with E-state index in [1.165, 1.54) is 16.7 Å². The second-order valence-electron chi connectivity index (χ2n) is 12.5. The van der Waals surface area contributed by atoms with Crippen molar-refractivity contribution in [2.45, 2.75) is 69.0 Å². The van der Waals surface area contributed by atoms with Crippen LogP contribution in [0.1, 0.15) is 44.4 Å². The highest BCUT2D eigenvalue weighted by Crippen LogP contribution is 2.33. The Hall–Kier alpha value is -4.28. The Labute approximate surface area is 289 Å². The van der Waals surface area contributed by atoms with Crippen molar-refractivity contribution < 1.29 is 22.7 Å². The van der Waals surface area contributed by atoms with Crippen molar-refractivity contribution in [1.82, 2.24) is 10.2 Å². The first-order chi connectivity index (χ1) is 22.8. The Morgan fingerprint density at radius 3 is 2.08 bits per heavy atom. The fourth-order valence-corrected chi connectivity index (χ4v) is 7.06. The lowest BCUT2D eigenvalue weighted by Crippen LogP contribution is -2.56. The van der Waals surface area contributed by atoms with E-state index in [2.05, 4.69) is 5.32 Å². The number of nitrogens with zero attached hydrogens (tertiary/aromatic N) is 2. The molecule has 0 saturated heterocycles. The van der Waals surface area contributed by atoms with Gasteiger partial charge in [0.05, 0.1) is 17.2 Å². The van der Waals surface area contributed by atoms with Crippen LogP contribution in [0.2, 0.25) is 0 Å². The van der Waals surface area contributed by atoms with Crippen molar-refractivity contribution in [2.24, 2.45) is 0 Å². The van der Waals surface area contributed by atoms with E-state index in [-0.39, 0.29) is 29.5 Å². The van der Waals surface area contributed by atoms with E-state index in [0.717, 1.165) is 25.9 Å². The van der Waals surface area contributed by atoms with Crippen molar-refractivity contribution in [3.05, 3.63) is 120 Å². The van der Waals surface area contributed by atoms with E-state index in [1.54, 1.807) is 48.5 Å². The lowest BCUT2D eigenvalue weighted by Gasteiger charge is -2.35. The highest BCUT2D eigenvalue weighted by molar-refractivity contribution is 7.98. The summed E-state index contributed by atoms with van der Waals surface area (Å²) < 4.78 is 35.8. The van der Waals surface area contributed by atoms with Crippen LogP contribution in [0, 0.1) is 6.92 Å². The summed E-state index contributed by atoms with van der Waals surface area (Å²) in [7, 11) is -4.26. The van der Waals surface area contributed by atoms with Crippen LogP contribution < -0.4 is 14.4 Å². The number of benzene rings is 4. The van der Waals surface area contributed by atoms with Crippen molar-refractivity contribution in [3.63, 3.8) is 0 Å². The van der Waals surface area contributed by atoms with Gasteiger partial charge >= 0.3 is 0 Å². The Bertz CT molecular complexity index is 1770. The van der Waals surface area contributed by atoms with Gasteiger partial charge in [0.15, 0.2) is 0 Å². The molecule has 48 heavy (non-hydrogen) atoms. The predicted octanol–water partition coefficient (Wildman–Crippen LogP) is 6.87. The smallest absolute Gasteiger partial charge is 0.264 e. The summed E-state index contributed by atoms with van der Waals surface area (Å²) in [5.74, 6) is -0.534. The Morgan fingerprint density at radius 1 is 0.854 bits per heavy atom. The fourth-order valence-electron chi connectivity index (χ4n) is 5.23. The molecule has 0 aliphatic heterocycles. The van der Waals surface area contributed by atoms with Gasteiger partial charge in [-0.3, -0.25) is 13.9 Å². The monoisotopic (exact) mass is 687 g/mol. The topological polar surface area (TPSA) is 96.0 Å². The third-order valence-electron chi connectivity index (χ3n) is 7.60. The van der Waals surface area contributed by atoms with Crippen molar-refractivity contribution in [1.29, 1.82) is 0 Å². The third kappa shape index (κ3) is 9.64. The summed E-state index contributed by atoms with van der Waals surface area (Å²) in [5.41, 5.74) is 2.40. The maximum absolute atomic E-state index is 14.7. The van der Waals surface area contributed by atoms with E-state index in [4.69, 9.17) is 4.74 Å². The number of anilines is 1. The lowest BCUT2D eigenvalue weighted by molar-refractivity contribution is -0.140. The number of sulfonamides is 1. The molecule has 0 fully saturated rings. The number of nitrogens with one attached hydrogen (secondary N) is 1. The largest absolute Gasteiger partial charge is 0.492 e. The number of carbonyl (C=O) groups excluding carboxylic acids is 2. The van der Waals surface area contributed by atoms with Gasteiger partial charge in [-0.05, 0) is 88.4 Å². The molecule has 254 valence electrons. The molecule has 0 radical (unpaired) electrons. The summed E-state index contributed by atoms with van der Waals surface area (Å²) in [4.78, 5) is 31.3. The average Bonchev–Trinajstić information content (AvgIpc) is 3.06. The normalized spacial score (nSPS) is 12.2. The van der Waals surface area contributed by atoms with Crippen LogP contribution in [-0.2, 0) is 32.6 Å². The van der Waals surface area contributed by atoms with Gasteiger partial charge < -0.3 is 15.0 Å². The summed E-state index contributed by atoms with van der Waals surface area (Å²) in [6, 6.07) is 29.7. The maximum atomic E-state index is 14.7. The number of aryl methyl sites for hydroxylation is 1. The van der Waals surface area contributed by atoms with Crippen molar-refractivity contribution in [3.8, 4) is 5.75 Å². The third-order valence-corrected chi connectivity index (χ3v) is 10.1. The quantitative estimate of drug-likeness (QED) is 0.146. The number of carbonyl (C=O) groups is 2. The Kier molecular flexibility index (Phi) is 12.3. The molecule has 0 unspecified atom stereocenters. The zero-order chi connectivity index (χ0) is 34.9. The molecule has 4 aromatic rings. The number of thioether (sulfide) groups is 1. The maximum Gasteiger partial charge on any atom is 0.264 e. The Morgan fingerprint density at radius 2 is 1.48 bits per heavy atom. The minimum atomic E-state index is -4.26. The highest BCUT2D eigenvalue weighted by Gasteiger charge is 2.36. The first kappa shape index (κ1) is 36.6. The standard InChI is InChI=1S/C38H45N3O5S2/c1-7-46-35-16-12-11-15-33(35)41(48(44,45)32-23-21-31(47-6)22-24-32)27-36(42)40(26-30-19-17-28(2)18-20-30)34(37(43)39-38(3,4)5)25-29-13-9-8-10-14-29/h8-24,34H,7,25-27H2,1-6H3,(H,39,43)/t34-/m1/s1. The number of hydrogen-bond acceptors (Lipinski definition) is 6. The zero-order valence-electron chi connectivity index (χ0n) is 28.5. The van der Waals surface area contributed by atoms with Crippen LogP contribution in [0.4, 0.5) is 5.69 Å². The molecule has 0 spiro atoms. The van der Waals surface area contributed by atoms with Gasteiger partial charge in [0.2, 0.25) is 11.8 Å². The summed E-state index contributed by atoms with van der Waals surface area (Å²) >= 11 is 1.50. The summed E-state index contributed by atoms with van der Waals surface area (Å²) in [6.07, 6.45) is 2.15. The summed E-state index contributed by atoms with van der Waals surface area (Å²) in [5, 5.41) is 3.06. The van der Waals surface area contributed by atoms with Crippen LogP contribution >= 0.6 is 11.8 Å². The van der Waals surface area contributed by atoms with Gasteiger partial charge in [0, 0.05) is 23.4 Å². The number of para-hydroxylation sites is 2. The zero-order valence-corrected chi connectivity index (χ0v) is 30.1. The van der Waals surface area contributed by atoms with Crippen LogP contribution in [0.25, 0.3) is 0 Å². The molecule has 2 amide bonds. The average molecular weight is 688 g/mol. The molecular weight excluding hydrogens is 643 g/mol.